The first kappa shape index (κ1) is 15.4. The molecule has 114 valence electrons. The predicted molar refractivity (Wildman–Crippen MR) is 76.4 cm³/mol. The van der Waals surface area contributed by atoms with Gasteiger partial charge >= 0.3 is 11.8 Å². The lowest BCUT2D eigenvalue weighted by molar-refractivity contribution is -0.139. The Morgan fingerprint density at radius 3 is 2.67 bits per heavy atom. The van der Waals surface area contributed by atoms with E-state index >= 15 is 0 Å². The molecule has 7 nitrogen and oxygen atoms in total. The van der Waals surface area contributed by atoms with Crippen LogP contribution in [0.1, 0.15) is 5.69 Å². The van der Waals surface area contributed by atoms with E-state index in [0.717, 1.165) is 32.8 Å². The number of nitrogens with one attached hydrogen (secondary N) is 2. The summed E-state index contributed by atoms with van der Waals surface area (Å²) in [6, 6.07) is 5.41. The van der Waals surface area contributed by atoms with Crippen LogP contribution in [0.15, 0.2) is 24.4 Å². The number of aromatic nitrogens is 1. The number of carbonyl (C=O) groups excluding carboxylic acids is 2. The molecule has 0 unspecified atom stereocenters. The van der Waals surface area contributed by atoms with E-state index in [1.807, 2.05) is 6.07 Å². The van der Waals surface area contributed by atoms with Crippen LogP contribution in [0.4, 0.5) is 0 Å². The fourth-order valence-corrected chi connectivity index (χ4v) is 1.99. The van der Waals surface area contributed by atoms with Crippen molar-refractivity contribution < 1.29 is 14.3 Å². The van der Waals surface area contributed by atoms with Crippen LogP contribution in [0.25, 0.3) is 0 Å². The third-order valence-corrected chi connectivity index (χ3v) is 3.18. The van der Waals surface area contributed by atoms with Gasteiger partial charge in [0.25, 0.3) is 0 Å². The zero-order chi connectivity index (χ0) is 14.9. The molecule has 0 atom stereocenters. The number of amides is 2. The topological polar surface area (TPSA) is 83.6 Å². The van der Waals surface area contributed by atoms with Crippen molar-refractivity contribution in [2.24, 2.45) is 0 Å². The molecule has 0 bridgehead atoms. The van der Waals surface area contributed by atoms with Crippen molar-refractivity contribution in [3.8, 4) is 0 Å². The predicted octanol–water partition coefficient (Wildman–Crippen LogP) is -0.854. The van der Waals surface area contributed by atoms with Gasteiger partial charge < -0.3 is 15.4 Å². The molecule has 1 aromatic rings. The molecule has 1 aromatic heterocycles. The number of ether oxygens (including phenoxy) is 1. The van der Waals surface area contributed by atoms with Crippen molar-refractivity contribution >= 4 is 11.8 Å². The monoisotopic (exact) mass is 292 g/mol. The number of rotatable bonds is 5. The van der Waals surface area contributed by atoms with Gasteiger partial charge in [0.1, 0.15) is 0 Å². The summed E-state index contributed by atoms with van der Waals surface area (Å²) in [6.07, 6.45) is 1.64. The molecule has 2 amide bonds. The standard InChI is InChI=1S/C14H20N4O3/c19-13(16-5-6-18-7-9-21-10-8-18)14(20)17-11-12-3-1-2-4-15-12/h1-4H,5-11H2,(H,16,19)(H,17,20). The van der Waals surface area contributed by atoms with Gasteiger partial charge in [-0.1, -0.05) is 6.07 Å². The summed E-state index contributed by atoms with van der Waals surface area (Å²) >= 11 is 0. The van der Waals surface area contributed by atoms with Crippen LogP contribution < -0.4 is 10.6 Å². The van der Waals surface area contributed by atoms with Gasteiger partial charge in [-0.05, 0) is 12.1 Å². The van der Waals surface area contributed by atoms with Crippen LogP contribution in [-0.2, 0) is 20.9 Å². The van der Waals surface area contributed by atoms with E-state index < -0.39 is 11.8 Å². The van der Waals surface area contributed by atoms with Gasteiger partial charge in [-0.15, -0.1) is 0 Å². The normalized spacial score (nSPS) is 15.4. The maximum atomic E-state index is 11.6. The highest BCUT2D eigenvalue weighted by Crippen LogP contribution is 1.95. The van der Waals surface area contributed by atoms with Gasteiger partial charge in [0, 0.05) is 32.4 Å². The minimum atomic E-state index is -0.636. The quantitative estimate of drug-likeness (QED) is 0.691. The maximum absolute atomic E-state index is 11.6. The van der Waals surface area contributed by atoms with E-state index in [0.29, 0.717) is 12.2 Å². The summed E-state index contributed by atoms with van der Waals surface area (Å²) in [5.74, 6) is -1.25. The number of pyridine rings is 1. The molecule has 1 aliphatic rings. The Bertz CT molecular complexity index is 461. The summed E-state index contributed by atoms with van der Waals surface area (Å²) in [5.41, 5.74) is 0.715. The molecule has 2 heterocycles. The SMILES string of the molecule is O=C(NCCN1CCOCC1)C(=O)NCc1ccccn1. The lowest BCUT2D eigenvalue weighted by atomic mass is 10.3. The lowest BCUT2D eigenvalue weighted by Crippen LogP contribution is -2.45. The highest BCUT2D eigenvalue weighted by molar-refractivity contribution is 6.35. The van der Waals surface area contributed by atoms with Gasteiger partial charge in [-0.2, -0.15) is 0 Å². The maximum Gasteiger partial charge on any atom is 0.309 e. The van der Waals surface area contributed by atoms with E-state index in [9.17, 15) is 9.59 Å². The highest BCUT2D eigenvalue weighted by atomic mass is 16.5. The first-order valence-electron chi connectivity index (χ1n) is 7.02. The number of hydrogen-bond donors (Lipinski definition) is 2. The Kier molecular flexibility index (Phi) is 6.11. The van der Waals surface area contributed by atoms with Gasteiger partial charge in [-0.25, -0.2) is 0 Å². The molecule has 2 N–H and O–H groups in total. The van der Waals surface area contributed by atoms with E-state index in [-0.39, 0.29) is 6.54 Å². The molecule has 0 aliphatic carbocycles. The average Bonchev–Trinajstić information content (AvgIpc) is 2.54. The van der Waals surface area contributed by atoms with Crippen molar-refractivity contribution in [1.82, 2.24) is 20.5 Å². The van der Waals surface area contributed by atoms with Crippen LogP contribution in [-0.4, -0.2) is 61.1 Å². The smallest absolute Gasteiger partial charge is 0.309 e. The van der Waals surface area contributed by atoms with Gasteiger partial charge in [0.05, 0.1) is 25.5 Å². The largest absolute Gasteiger partial charge is 0.379 e. The van der Waals surface area contributed by atoms with Gasteiger partial charge in [-0.3, -0.25) is 19.5 Å². The van der Waals surface area contributed by atoms with Crippen molar-refractivity contribution in [2.45, 2.75) is 6.54 Å². The third kappa shape index (κ3) is 5.49. The summed E-state index contributed by atoms with van der Waals surface area (Å²) in [5, 5.41) is 5.15. The van der Waals surface area contributed by atoms with Crippen LogP contribution >= 0.6 is 0 Å². The molecule has 2 rings (SSSR count). The summed E-state index contributed by atoms with van der Waals surface area (Å²) in [4.78, 5) is 29.5. The molecule has 0 saturated carbocycles. The minimum absolute atomic E-state index is 0.247. The number of hydrogen-bond acceptors (Lipinski definition) is 5. The summed E-state index contributed by atoms with van der Waals surface area (Å²) in [6.45, 7) is 4.59. The molecule has 1 aliphatic heterocycles. The molecule has 0 aromatic carbocycles. The summed E-state index contributed by atoms with van der Waals surface area (Å²) < 4.78 is 5.24. The Morgan fingerprint density at radius 1 is 1.19 bits per heavy atom. The number of nitrogens with zero attached hydrogens (tertiary/aromatic N) is 2. The Balaban J connectivity index is 1.62. The summed E-state index contributed by atoms with van der Waals surface area (Å²) in [7, 11) is 0. The molecular formula is C14H20N4O3. The van der Waals surface area contributed by atoms with Gasteiger partial charge in [0.15, 0.2) is 0 Å². The van der Waals surface area contributed by atoms with E-state index in [1.54, 1.807) is 18.3 Å². The van der Waals surface area contributed by atoms with Crippen LogP contribution in [0.3, 0.4) is 0 Å². The van der Waals surface area contributed by atoms with E-state index in [4.69, 9.17) is 4.74 Å². The van der Waals surface area contributed by atoms with Crippen LogP contribution in [0.5, 0.6) is 0 Å². The molecular weight excluding hydrogens is 272 g/mol. The molecule has 0 spiro atoms. The van der Waals surface area contributed by atoms with Crippen molar-refractivity contribution in [2.75, 3.05) is 39.4 Å². The third-order valence-electron chi connectivity index (χ3n) is 3.18. The second-order valence-electron chi connectivity index (χ2n) is 4.71. The zero-order valence-electron chi connectivity index (χ0n) is 11.9. The second kappa shape index (κ2) is 8.33. The Morgan fingerprint density at radius 2 is 1.95 bits per heavy atom. The molecule has 1 fully saturated rings. The number of carbonyl (C=O) groups is 2. The Labute approximate surface area is 123 Å². The molecule has 7 heteroatoms. The second-order valence-corrected chi connectivity index (χ2v) is 4.71. The van der Waals surface area contributed by atoms with Crippen LogP contribution in [0, 0.1) is 0 Å². The number of morpholine rings is 1. The molecule has 21 heavy (non-hydrogen) atoms. The first-order chi connectivity index (χ1) is 10.3. The van der Waals surface area contributed by atoms with Crippen molar-refractivity contribution in [1.29, 1.82) is 0 Å². The lowest BCUT2D eigenvalue weighted by Gasteiger charge is -2.26. The highest BCUT2D eigenvalue weighted by Gasteiger charge is 2.14. The minimum Gasteiger partial charge on any atom is -0.379 e. The first-order valence-corrected chi connectivity index (χ1v) is 7.02. The van der Waals surface area contributed by atoms with Gasteiger partial charge in [0.2, 0.25) is 0 Å². The average molecular weight is 292 g/mol. The van der Waals surface area contributed by atoms with E-state index in [2.05, 4.69) is 20.5 Å². The molecule has 0 radical (unpaired) electrons. The zero-order valence-corrected chi connectivity index (χ0v) is 11.9. The fourth-order valence-electron chi connectivity index (χ4n) is 1.99. The van der Waals surface area contributed by atoms with Crippen molar-refractivity contribution in [3.63, 3.8) is 0 Å². The molecule has 1 saturated heterocycles. The Hall–Kier alpha value is -1.99. The van der Waals surface area contributed by atoms with E-state index in [1.165, 1.54) is 0 Å². The van der Waals surface area contributed by atoms with Crippen molar-refractivity contribution in [3.05, 3.63) is 30.1 Å². The van der Waals surface area contributed by atoms with Crippen LogP contribution in [0.2, 0.25) is 0 Å². The fraction of sp³-hybridized carbons (Fsp3) is 0.500.